The molecule has 3 nitrogen and oxygen atoms in total. The van der Waals surface area contributed by atoms with Crippen molar-refractivity contribution in [3.8, 4) is 0 Å². The third-order valence-electron chi connectivity index (χ3n) is 3.65. The fraction of sp³-hybridized carbons (Fsp3) is 0.467. The van der Waals surface area contributed by atoms with Gasteiger partial charge in [0.1, 0.15) is 11.3 Å². The van der Waals surface area contributed by atoms with E-state index in [2.05, 4.69) is 47.5 Å². The average Bonchev–Trinajstić information content (AvgIpc) is 2.95. The van der Waals surface area contributed by atoms with Crippen LogP contribution in [0.25, 0.3) is 21.3 Å². The molecule has 0 N–H and O–H groups in total. The van der Waals surface area contributed by atoms with Crippen molar-refractivity contribution in [1.29, 1.82) is 0 Å². The number of aryl methyl sites for hydroxylation is 2. The zero-order chi connectivity index (χ0) is 15.1. The topological polar surface area (TPSA) is 30.7 Å². The number of hydrogen-bond donors (Lipinski definition) is 0. The maximum atomic E-state index is 5.83. The molecule has 0 aromatic carbocycles. The minimum atomic E-state index is 0.353. The molecule has 0 atom stereocenters. The van der Waals surface area contributed by atoms with Gasteiger partial charge < -0.3 is 4.57 Å². The number of nitrogens with zero attached hydrogens (tertiary/aromatic N) is 3. The highest BCUT2D eigenvalue weighted by Gasteiger charge is 2.19. The molecule has 0 saturated carbocycles. The number of pyridine rings is 1. The number of aromatic nitrogens is 3. The van der Waals surface area contributed by atoms with Crippen LogP contribution in [0, 0.1) is 0 Å². The van der Waals surface area contributed by atoms with Crippen molar-refractivity contribution in [3.63, 3.8) is 0 Å². The number of thiophene rings is 1. The highest BCUT2D eigenvalue weighted by Crippen LogP contribution is 2.37. The third-order valence-corrected chi connectivity index (χ3v) is 5.55. The van der Waals surface area contributed by atoms with Crippen LogP contribution >= 0.6 is 38.9 Å². The molecule has 3 aromatic heterocycles. The van der Waals surface area contributed by atoms with Crippen molar-refractivity contribution in [3.05, 3.63) is 21.4 Å². The second-order valence-electron chi connectivity index (χ2n) is 5.49. The van der Waals surface area contributed by atoms with Gasteiger partial charge in [-0.05, 0) is 34.3 Å². The normalized spacial score (nSPS) is 12.1. The monoisotopic (exact) mass is 385 g/mol. The Hall–Kier alpha value is -0.650. The Labute approximate surface area is 141 Å². The summed E-state index contributed by atoms with van der Waals surface area (Å²) in [5.41, 5.74) is 4.37. The van der Waals surface area contributed by atoms with Crippen LogP contribution in [-0.4, -0.2) is 20.4 Å². The Kier molecular flexibility index (Phi) is 4.26. The molecule has 3 heterocycles. The van der Waals surface area contributed by atoms with Crippen LogP contribution in [-0.2, 0) is 13.5 Å². The first-order chi connectivity index (χ1) is 10.0. The summed E-state index contributed by atoms with van der Waals surface area (Å²) in [7, 11) is 2.09. The summed E-state index contributed by atoms with van der Waals surface area (Å²) < 4.78 is 4.52. The number of fused-ring (bicyclic) bond motifs is 3. The molecule has 6 heteroatoms. The minimum absolute atomic E-state index is 0.353. The molecular formula is C15H17BrClN3S. The third kappa shape index (κ3) is 2.60. The molecule has 3 aromatic rings. The zero-order valence-corrected chi connectivity index (χ0v) is 15.4. The molecule has 0 aliphatic rings. The standard InChI is InChI=1S/C15H17BrClN3S/c1-8(2)12-13-14(15-9(18-12)7-10(16)21-15)20(3)11(19-13)5-4-6-17/h7-8H,4-6H2,1-3H3. The lowest BCUT2D eigenvalue weighted by molar-refractivity contribution is 0.776. The van der Waals surface area contributed by atoms with Crippen molar-refractivity contribution >= 4 is 60.1 Å². The molecule has 0 bridgehead atoms. The summed E-state index contributed by atoms with van der Waals surface area (Å²) in [5, 5.41) is 0. The summed E-state index contributed by atoms with van der Waals surface area (Å²) in [5.74, 6) is 2.11. The summed E-state index contributed by atoms with van der Waals surface area (Å²) in [4.78, 5) is 9.70. The number of alkyl halides is 1. The maximum absolute atomic E-state index is 5.83. The van der Waals surface area contributed by atoms with Crippen LogP contribution < -0.4 is 0 Å². The Bertz CT molecular complexity index is 806. The summed E-state index contributed by atoms with van der Waals surface area (Å²) in [6.45, 7) is 4.34. The molecule has 0 unspecified atom stereocenters. The van der Waals surface area contributed by atoms with Gasteiger partial charge in [0.05, 0.1) is 25.2 Å². The van der Waals surface area contributed by atoms with Gasteiger partial charge in [-0.1, -0.05) is 13.8 Å². The van der Waals surface area contributed by atoms with Gasteiger partial charge in [-0.25, -0.2) is 9.97 Å². The van der Waals surface area contributed by atoms with Gasteiger partial charge in [0, 0.05) is 19.3 Å². The number of hydrogen-bond acceptors (Lipinski definition) is 3. The van der Waals surface area contributed by atoms with Gasteiger partial charge in [-0.3, -0.25) is 0 Å². The van der Waals surface area contributed by atoms with Crippen LogP contribution in [0.4, 0.5) is 0 Å². The van der Waals surface area contributed by atoms with Gasteiger partial charge in [0.15, 0.2) is 0 Å². The molecule has 0 spiro atoms. The Morgan fingerprint density at radius 1 is 1.38 bits per heavy atom. The smallest absolute Gasteiger partial charge is 0.112 e. The summed E-state index contributed by atoms with van der Waals surface area (Å²) in [6, 6.07) is 2.09. The van der Waals surface area contributed by atoms with E-state index in [0.29, 0.717) is 11.8 Å². The van der Waals surface area contributed by atoms with Crippen molar-refractivity contribution in [2.75, 3.05) is 5.88 Å². The van der Waals surface area contributed by atoms with Crippen molar-refractivity contribution in [1.82, 2.24) is 14.5 Å². The molecule has 112 valence electrons. The van der Waals surface area contributed by atoms with Gasteiger partial charge in [0.2, 0.25) is 0 Å². The van der Waals surface area contributed by atoms with E-state index in [1.165, 1.54) is 10.2 Å². The van der Waals surface area contributed by atoms with Crippen molar-refractivity contribution in [2.24, 2.45) is 7.05 Å². The fourth-order valence-corrected chi connectivity index (χ4v) is 4.36. The van der Waals surface area contributed by atoms with E-state index in [4.69, 9.17) is 21.6 Å². The Morgan fingerprint density at radius 2 is 2.14 bits per heavy atom. The minimum Gasteiger partial charge on any atom is -0.330 e. The lowest BCUT2D eigenvalue weighted by Crippen LogP contribution is -1.98. The second kappa shape index (κ2) is 5.86. The maximum Gasteiger partial charge on any atom is 0.112 e. The predicted octanol–water partition coefficient (Wildman–Crippen LogP) is 5.24. The van der Waals surface area contributed by atoms with Crippen LogP contribution in [0.3, 0.4) is 0 Å². The first kappa shape index (κ1) is 15.3. The Balaban J connectivity index is 2.35. The van der Waals surface area contributed by atoms with E-state index < -0.39 is 0 Å². The van der Waals surface area contributed by atoms with Gasteiger partial charge in [0.25, 0.3) is 0 Å². The molecule has 21 heavy (non-hydrogen) atoms. The van der Waals surface area contributed by atoms with Crippen molar-refractivity contribution < 1.29 is 0 Å². The molecule has 0 aliphatic heterocycles. The molecule has 3 rings (SSSR count). The average molecular weight is 387 g/mol. The van der Waals surface area contributed by atoms with E-state index in [1.54, 1.807) is 11.3 Å². The lowest BCUT2D eigenvalue weighted by atomic mass is 10.1. The molecule has 0 fully saturated rings. The first-order valence-corrected chi connectivity index (χ1v) is 9.17. The first-order valence-electron chi connectivity index (χ1n) is 7.03. The zero-order valence-electron chi connectivity index (χ0n) is 12.3. The molecule has 0 amide bonds. The molecule has 0 saturated heterocycles. The lowest BCUT2D eigenvalue weighted by Gasteiger charge is -2.06. The summed E-state index contributed by atoms with van der Waals surface area (Å²) >= 11 is 11.1. The number of rotatable bonds is 4. The highest BCUT2D eigenvalue weighted by molar-refractivity contribution is 9.11. The van der Waals surface area contributed by atoms with Crippen molar-refractivity contribution in [2.45, 2.75) is 32.6 Å². The van der Waals surface area contributed by atoms with E-state index >= 15 is 0 Å². The quantitative estimate of drug-likeness (QED) is 0.574. The Morgan fingerprint density at radius 3 is 2.81 bits per heavy atom. The van der Waals surface area contributed by atoms with Crippen LogP contribution in [0.5, 0.6) is 0 Å². The van der Waals surface area contributed by atoms with Crippen LogP contribution in [0.1, 0.15) is 37.7 Å². The molecule has 0 aliphatic carbocycles. The number of halogens is 2. The number of imidazole rings is 1. The van der Waals surface area contributed by atoms with Gasteiger partial charge in [-0.15, -0.1) is 22.9 Å². The molecular weight excluding hydrogens is 370 g/mol. The molecule has 0 radical (unpaired) electrons. The van der Waals surface area contributed by atoms with Gasteiger partial charge in [-0.2, -0.15) is 0 Å². The SMILES string of the molecule is CC(C)c1nc2cc(Br)sc2c2c1nc(CCCCl)n2C. The van der Waals surface area contributed by atoms with E-state index in [1.807, 2.05) is 0 Å². The second-order valence-corrected chi connectivity index (χ2v) is 8.30. The van der Waals surface area contributed by atoms with Crippen LogP contribution in [0.15, 0.2) is 9.85 Å². The highest BCUT2D eigenvalue weighted by atomic mass is 79.9. The van der Waals surface area contributed by atoms with Gasteiger partial charge >= 0.3 is 0 Å². The largest absolute Gasteiger partial charge is 0.330 e. The predicted molar refractivity (Wildman–Crippen MR) is 94.7 cm³/mol. The van der Waals surface area contributed by atoms with E-state index in [9.17, 15) is 0 Å². The fourth-order valence-electron chi connectivity index (χ4n) is 2.62. The van der Waals surface area contributed by atoms with Crippen LogP contribution in [0.2, 0.25) is 0 Å². The van der Waals surface area contributed by atoms with E-state index in [-0.39, 0.29) is 0 Å². The van der Waals surface area contributed by atoms with E-state index in [0.717, 1.165) is 39.2 Å². The summed E-state index contributed by atoms with van der Waals surface area (Å²) in [6.07, 6.45) is 1.85.